The van der Waals surface area contributed by atoms with Crippen molar-refractivity contribution in [3.05, 3.63) is 66.0 Å². The standard InChI is InChI=1S/C24H25N3O4S/c28-22-13-8-17(14-23(22)29)6-7-18-15-25-24(26-16-18)27-19-9-11-21(12-10-19)32(30,31)20-4-2-1-3-5-20/h6-16,20,28-29H,1-5H2,(H,25,26,27)/b7-6+. The number of hydrogen-bond donors (Lipinski definition) is 3. The Hall–Kier alpha value is -3.39. The van der Waals surface area contributed by atoms with E-state index in [0.717, 1.165) is 43.2 Å². The fourth-order valence-corrected chi connectivity index (χ4v) is 5.60. The van der Waals surface area contributed by atoms with E-state index in [1.54, 1.807) is 54.9 Å². The van der Waals surface area contributed by atoms with E-state index < -0.39 is 9.84 Å². The number of sulfone groups is 1. The van der Waals surface area contributed by atoms with E-state index in [4.69, 9.17) is 0 Å². The van der Waals surface area contributed by atoms with Gasteiger partial charge >= 0.3 is 0 Å². The Balaban J connectivity index is 1.40. The maximum absolute atomic E-state index is 12.8. The lowest BCUT2D eigenvalue weighted by atomic mass is 10.0. The molecule has 0 atom stereocenters. The van der Waals surface area contributed by atoms with Crippen LogP contribution in [-0.4, -0.2) is 33.8 Å². The summed E-state index contributed by atoms with van der Waals surface area (Å²) in [5.41, 5.74) is 2.19. The van der Waals surface area contributed by atoms with E-state index in [1.807, 2.05) is 0 Å². The SMILES string of the molecule is O=S(=O)(c1ccc(Nc2ncc(/C=C/c3ccc(O)c(O)c3)cn2)cc1)C1CCCCC1. The lowest BCUT2D eigenvalue weighted by molar-refractivity contribution is 0.403. The topological polar surface area (TPSA) is 112 Å². The summed E-state index contributed by atoms with van der Waals surface area (Å²) >= 11 is 0. The Bertz CT molecular complexity index is 1200. The quantitative estimate of drug-likeness (QED) is 0.457. The largest absolute Gasteiger partial charge is 0.504 e. The molecule has 166 valence electrons. The maximum Gasteiger partial charge on any atom is 0.227 e. The van der Waals surface area contributed by atoms with Crippen molar-refractivity contribution >= 4 is 33.6 Å². The second-order valence-electron chi connectivity index (χ2n) is 7.88. The van der Waals surface area contributed by atoms with Gasteiger partial charge in [-0.2, -0.15) is 0 Å². The zero-order valence-electron chi connectivity index (χ0n) is 17.5. The number of phenols is 2. The molecular formula is C24H25N3O4S. The van der Waals surface area contributed by atoms with Gasteiger partial charge in [-0.1, -0.05) is 37.5 Å². The summed E-state index contributed by atoms with van der Waals surface area (Å²) in [6, 6.07) is 11.3. The highest BCUT2D eigenvalue weighted by molar-refractivity contribution is 7.92. The summed E-state index contributed by atoms with van der Waals surface area (Å²) in [5.74, 6) is 0.0494. The molecule has 8 heteroatoms. The molecular weight excluding hydrogens is 426 g/mol. The second kappa shape index (κ2) is 9.40. The second-order valence-corrected chi connectivity index (χ2v) is 10.1. The normalized spacial score (nSPS) is 15.1. The molecule has 3 N–H and O–H groups in total. The number of aromatic hydroxyl groups is 2. The molecule has 1 fully saturated rings. The van der Waals surface area contributed by atoms with Gasteiger partial charge in [-0.3, -0.25) is 0 Å². The van der Waals surface area contributed by atoms with Crippen LogP contribution in [0, 0.1) is 0 Å². The Kier molecular flexibility index (Phi) is 6.41. The van der Waals surface area contributed by atoms with Crippen LogP contribution >= 0.6 is 0 Å². The lowest BCUT2D eigenvalue weighted by Crippen LogP contribution is -2.24. The molecule has 0 unspecified atom stereocenters. The zero-order valence-corrected chi connectivity index (χ0v) is 18.3. The number of hydrogen-bond acceptors (Lipinski definition) is 7. The molecule has 0 saturated heterocycles. The molecule has 1 saturated carbocycles. The van der Waals surface area contributed by atoms with Gasteiger partial charge < -0.3 is 15.5 Å². The summed E-state index contributed by atoms with van der Waals surface area (Å²) in [6.07, 6.45) is 11.4. The van der Waals surface area contributed by atoms with Gasteiger partial charge in [0.25, 0.3) is 0 Å². The molecule has 3 aromatic rings. The average molecular weight is 452 g/mol. The zero-order chi connectivity index (χ0) is 22.6. The van der Waals surface area contributed by atoms with Crippen LogP contribution < -0.4 is 5.32 Å². The highest BCUT2D eigenvalue weighted by Crippen LogP contribution is 2.29. The fraction of sp³-hybridized carbons (Fsp3) is 0.250. The Morgan fingerprint density at radius 1 is 0.844 bits per heavy atom. The van der Waals surface area contributed by atoms with Crippen LogP contribution in [0.25, 0.3) is 12.2 Å². The van der Waals surface area contributed by atoms with Gasteiger partial charge in [0.15, 0.2) is 21.3 Å². The number of nitrogens with zero attached hydrogens (tertiary/aromatic N) is 2. The number of benzene rings is 2. The van der Waals surface area contributed by atoms with Crippen molar-refractivity contribution in [3.63, 3.8) is 0 Å². The molecule has 1 aliphatic rings. The first-order chi connectivity index (χ1) is 15.4. The number of anilines is 2. The van der Waals surface area contributed by atoms with Crippen LogP contribution in [0.4, 0.5) is 11.6 Å². The molecule has 4 rings (SSSR count). The van der Waals surface area contributed by atoms with Gasteiger partial charge in [-0.05, 0) is 54.8 Å². The summed E-state index contributed by atoms with van der Waals surface area (Å²) in [5, 5.41) is 21.7. The highest BCUT2D eigenvalue weighted by atomic mass is 32.2. The number of aromatic nitrogens is 2. The molecule has 1 aliphatic carbocycles. The highest BCUT2D eigenvalue weighted by Gasteiger charge is 2.28. The summed E-state index contributed by atoms with van der Waals surface area (Å²) in [4.78, 5) is 8.92. The monoisotopic (exact) mass is 451 g/mol. The van der Waals surface area contributed by atoms with Crippen molar-refractivity contribution < 1.29 is 18.6 Å². The van der Waals surface area contributed by atoms with Crippen molar-refractivity contribution in [2.45, 2.75) is 42.2 Å². The first-order valence-electron chi connectivity index (χ1n) is 10.5. The van der Waals surface area contributed by atoms with Gasteiger partial charge in [0.05, 0.1) is 10.1 Å². The van der Waals surface area contributed by atoms with Crippen molar-refractivity contribution in [1.29, 1.82) is 0 Å². The van der Waals surface area contributed by atoms with Crippen molar-refractivity contribution in [2.75, 3.05) is 5.32 Å². The van der Waals surface area contributed by atoms with Gasteiger partial charge in [0.2, 0.25) is 5.95 Å². The summed E-state index contributed by atoms with van der Waals surface area (Å²) in [7, 11) is -3.29. The van der Waals surface area contributed by atoms with Crippen LogP contribution in [0.15, 0.2) is 59.8 Å². The van der Waals surface area contributed by atoms with Crippen LogP contribution in [0.1, 0.15) is 43.2 Å². The first kappa shape index (κ1) is 21.8. The van der Waals surface area contributed by atoms with Gasteiger partial charge in [-0.25, -0.2) is 18.4 Å². The molecule has 1 aromatic heterocycles. The number of phenolic OH excluding ortho intramolecular Hbond substituents is 2. The van der Waals surface area contributed by atoms with Crippen molar-refractivity contribution in [1.82, 2.24) is 9.97 Å². The van der Waals surface area contributed by atoms with Crippen molar-refractivity contribution in [2.24, 2.45) is 0 Å². The van der Waals surface area contributed by atoms with Crippen molar-refractivity contribution in [3.8, 4) is 11.5 Å². The summed E-state index contributed by atoms with van der Waals surface area (Å²) in [6.45, 7) is 0. The average Bonchev–Trinajstić information content (AvgIpc) is 2.82. The van der Waals surface area contributed by atoms with E-state index >= 15 is 0 Å². The van der Waals surface area contributed by atoms with Crippen LogP contribution in [0.5, 0.6) is 11.5 Å². The van der Waals surface area contributed by atoms with Crippen LogP contribution in [0.3, 0.4) is 0 Å². The molecule has 2 aromatic carbocycles. The predicted molar refractivity (Wildman–Crippen MR) is 125 cm³/mol. The van der Waals surface area contributed by atoms with Gasteiger partial charge in [0.1, 0.15) is 0 Å². The van der Waals surface area contributed by atoms with E-state index in [0.29, 0.717) is 16.5 Å². The minimum Gasteiger partial charge on any atom is -0.504 e. The van der Waals surface area contributed by atoms with Crippen LogP contribution in [-0.2, 0) is 9.84 Å². The Morgan fingerprint density at radius 2 is 1.50 bits per heavy atom. The molecule has 1 heterocycles. The maximum atomic E-state index is 12.8. The molecule has 7 nitrogen and oxygen atoms in total. The minimum atomic E-state index is -3.29. The third kappa shape index (κ3) is 5.08. The number of rotatable bonds is 6. The third-order valence-corrected chi connectivity index (χ3v) is 7.85. The molecule has 0 spiro atoms. The third-order valence-electron chi connectivity index (χ3n) is 5.57. The number of nitrogens with one attached hydrogen (secondary N) is 1. The molecule has 32 heavy (non-hydrogen) atoms. The molecule has 0 radical (unpaired) electrons. The molecule has 0 amide bonds. The van der Waals surface area contributed by atoms with Gasteiger partial charge in [-0.15, -0.1) is 0 Å². The van der Waals surface area contributed by atoms with Gasteiger partial charge in [0, 0.05) is 23.6 Å². The van der Waals surface area contributed by atoms with E-state index in [9.17, 15) is 18.6 Å². The van der Waals surface area contributed by atoms with Crippen LogP contribution in [0.2, 0.25) is 0 Å². The van der Waals surface area contributed by atoms with E-state index in [1.165, 1.54) is 12.1 Å². The summed E-state index contributed by atoms with van der Waals surface area (Å²) < 4.78 is 25.6. The Morgan fingerprint density at radius 3 is 2.16 bits per heavy atom. The Labute approximate surface area is 187 Å². The smallest absolute Gasteiger partial charge is 0.227 e. The minimum absolute atomic E-state index is 0.166. The lowest BCUT2D eigenvalue weighted by Gasteiger charge is -2.21. The predicted octanol–water partition coefficient (Wildman–Crippen LogP) is 4.91. The molecule has 0 bridgehead atoms. The van der Waals surface area contributed by atoms with E-state index in [2.05, 4.69) is 15.3 Å². The fourth-order valence-electron chi connectivity index (χ4n) is 3.75. The van der Waals surface area contributed by atoms with E-state index in [-0.39, 0.29) is 16.7 Å². The molecule has 0 aliphatic heterocycles. The first-order valence-corrected chi connectivity index (χ1v) is 12.1.